The van der Waals surface area contributed by atoms with E-state index >= 15 is 0 Å². The van der Waals surface area contributed by atoms with E-state index in [-0.39, 0.29) is 0 Å². The third-order valence-corrected chi connectivity index (χ3v) is 1.94. The Morgan fingerprint density at radius 2 is 2.25 bits per heavy atom. The fraction of sp³-hybridized carbons (Fsp3) is 0.444. The zero-order chi connectivity index (χ0) is 9.40. The van der Waals surface area contributed by atoms with Gasteiger partial charge in [-0.1, -0.05) is 19.9 Å². The van der Waals surface area contributed by atoms with Gasteiger partial charge in [0.25, 0.3) is 0 Å². The largest absolute Gasteiger partial charge is 0.274 e. The Labute approximate surface area is 78.3 Å². The molecule has 12 heavy (non-hydrogen) atoms. The van der Waals surface area contributed by atoms with Crippen LogP contribution in [0.15, 0.2) is 22.6 Å². The first-order valence-electron chi connectivity index (χ1n) is 3.96. The summed E-state index contributed by atoms with van der Waals surface area (Å²) in [7, 11) is 0. The molecule has 2 N–H and O–H groups in total. The van der Waals surface area contributed by atoms with Crippen LogP contribution >= 0.6 is 11.9 Å². The predicted molar refractivity (Wildman–Crippen MR) is 54.1 cm³/mol. The quantitative estimate of drug-likeness (QED) is 0.413. The fourth-order valence-electron chi connectivity index (χ4n) is 0.727. The van der Waals surface area contributed by atoms with E-state index in [0.717, 1.165) is 23.3 Å². The molecule has 0 aliphatic carbocycles. The van der Waals surface area contributed by atoms with Crippen LogP contribution in [0.4, 0.5) is 0 Å². The molecule has 0 rings (SSSR count). The van der Waals surface area contributed by atoms with Gasteiger partial charge in [0.1, 0.15) is 0 Å². The molecule has 0 unspecified atom stereocenters. The van der Waals surface area contributed by atoms with Crippen LogP contribution in [-0.2, 0) is 0 Å². The second-order valence-corrected chi connectivity index (χ2v) is 2.97. The molecule has 0 aromatic rings. The van der Waals surface area contributed by atoms with Crippen LogP contribution in [0.3, 0.4) is 0 Å². The van der Waals surface area contributed by atoms with E-state index in [0.29, 0.717) is 0 Å². The smallest absolute Gasteiger partial charge is 0.0947 e. The summed E-state index contributed by atoms with van der Waals surface area (Å²) in [6, 6.07) is 2.13. The summed E-state index contributed by atoms with van der Waals surface area (Å²) in [6.45, 7) is 4.00. The van der Waals surface area contributed by atoms with Gasteiger partial charge in [-0.05, 0) is 30.9 Å². The van der Waals surface area contributed by atoms with E-state index in [1.165, 1.54) is 11.9 Å². The maximum atomic E-state index is 8.64. The molecule has 0 saturated carbocycles. The minimum atomic E-state index is 0.762. The van der Waals surface area contributed by atoms with Crippen LogP contribution in [-0.4, -0.2) is 0 Å². The van der Waals surface area contributed by atoms with Gasteiger partial charge >= 0.3 is 0 Å². The standard InChI is InChI=1S/C9H14N2S/c1-3-5-9(12-11)6-8(4-2)7-10/h5-6H,3-4,11H2,1-2H3/b8-6+,9-5+. The summed E-state index contributed by atoms with van der Waals surface area (Å²) in [4.78, 5) is 0.968. The number of nitriles is 1. The van der Waals surface area contributed by atoms with Crippen molar-refractivity contribution in [2.24, 2.45) is 5.14 Å². The first-order valence-corrected chi connectivity index (χ1v) is 4.84. The third-order valence-electron chi connectivity index (χ3n) is 1.38. The van der Waals surface area contributed by atoms with Crippen molar-refractivity contribution in [2.45, 2.75) is 26.7 Å². The lowest BCUT2D eigenvalue weighted by Gasteiger charge is -1.96. The van der Waals surface area contributed by atoms with Crippen molar-refractivity contribution in [3.8, 4) is 6.07 Å². The predicted octanol–water partition coefficient (Wildman–Crippen LogP) is 2.75. The number of nitrogens with zero attached hydrogens (tertiary/aromatic N) is 1. The van der Waals surface area contributed by atoms with Gasteiger partial charge in [0.15, 0.2) is 0 Å². The van der Waals surface area contributed by atoms with E-state index in [4.69, 9.17) is 10.4 Å². The van der Waals surface area contributed by atoms with Gasteiger partial charge in [0.05, 0.1) is 6.07 Å². The molecule has 0 aromatic heterocycles. The van der Waals surface area contributed by atoms with Gasteiger partial charge in [0, 0.05) is 10.5 Å². The third kappa shape index (κ3) is 4.22. The Morgan fingerprint density at radius 1 is 1.58 bits per heavy atom. The van der Waals surface area contributed by atoms with Gasteiger partial charge in [-0.25, -0.2) is 0 Å². The Hall–Kier alpha value is -0.720. The summed E-state index contributed by atoms with van der Waals surface area (Å²) in [5.41, 5.74) is 0.771. The summed E-state index contributed by atoms with van der Waals surface area (Å²) >= 11 is 1.19. The van der Waals surface area contributed by atoms with Crippen LogP contribution in [0.1, 0.15) is 26.7 Å². The highest BCUT2D eigenvalue weighted by molar-refractivity contribution is 8.01. The summed E-state index contributed by atoms with van der Waals surface area (Å²) < 4.78 is 0. The molecule has 0 spiro atoms. The number of rotatable bonds is 4. The van der Waals surface area contributed by atoms with Crippen molar-refractivity contribution in [1.29, 1.82) is 5.26 Å². The summed E-state index contributed by atoms with van der Waals surface area (Å²) in [5, 5.41) is 14.1. The maximum absolute atomic E-state index is 8.64. The van der Waals surface area contributed by atoms with Crippen molar-refractivity contribution < 1.29 is 0 Å². The molecule has 0 aliphatic heterocycles. The van der Waals surface area contributed by atoms with Crippen LogP contribution < -0.4 is 5.14 Å². The van der Waals surface area contributed by atoms with Crippen molar-refractivity contribution in [3.05, 3.63) is 22.6 Å². The fourth-order valence-corrected chi connectivity index (χ4v) is 1.20. The number of nitrogens with two attached hydrogens (primary N) is 1. The molecule has 66 valence electrons. The first kappa shape index (κ1) is 11.3. The van der Waals surface area contributed by atoms with E-state index < -0.39 is 0 Å². The molecule has 0 atom stereocenters. The molecule has 0 radical (unpaired) electrons. The Kier molecular flexibility index (Phi) is 6.54. The van der Waals surface area contributed by atoms with Crippen molar-refractivity contribution in [3.63, 3.8) is 0 Å². The van der Waals surface area contributed by atoms with Crippen molar-refractivity contribution in [1.82, 2.24) is 0 Å². The lowest BCUT2D eigenvalue weighted by Crippen LogP contribution is -1.83. The number of allylic oxidation sites excluding steroid dienone is 3. The molecule has 3 heteroatoms. The average Bonchev–Trinajstić information content (AvgIpc) is 2.12. The van der Waals surface area contributed by atoms with Gasteiger partial charge in [0.2, 0.25) is 0 Å². The molecule has 0 heterocycles. The zero-order valence-corrected chi connectivity index (χ0v) is 8.32. The van der Waals surface area contributed by atoms with E-state index in [1.54, 1.807) is 0 Å². The molecule has 0 saturated heterocycles. The maximum Gasteiger partial charge on any atom is 0.0947 e. The lowest BCUT2D eigenvalue weighted by atomic mass is 10.2. The summed E-state index contributed by atoms with van der Waals surface area (Å²) in [5.74, 6) is 0. The first-order chi connectivity index (χ1) is 5.78. The van der Waals surface area contributed by atoms with Crippen molar-refractivity contribution in [2.75, 3.05) is 0 Å². The van der Waals surface area contributed by atoms with Crippen LogP contribution in [0.5, 0.6) is 0 Å². The number of hydrogen-bond donors (Lipinski definition) is 1. The highest BCUT2D eigenvalue weighted by Gasteiger charge is 1.94. The highest BCUT2D eigenvalue weighted by Crippen LogP contribution is 2.14. The Balaban J connectivity index is 4.46. The second kappa shape index (κ2) is 6.96. The normalized spacial score (nSPS) is 12.8. The van der Waals surface area contributed by atoms with Gasteiger partial charge in [-0.15, -0.1) is 0 Å². The lowest BCUT2D eigenvalue weighted by molar-refractivity contribution is 1.15. The Bertz CT molecular complexity index is 223. The summed E-state index contributed by atoms with van der Waals surface area (Å²) in [6.07, 6.45) is 5.56. The van der Waals surface area contributed by atoms with Crippen molar-refractivity contribution >= 4 is 11.9 Å². The van der Waals surface area contributed by atoms with E-state index in [2.05, 4.69) is 6.07 Å². The Morgan fingerprint density at radius 3 is 2.58 bits per heavy atom. The molecule has 0 amide bonds. The van der Waals surface area contributed by atoms with Gasteiger partial charge in [-0.3, -0.25) is 5.14 Å². The zero-order valence-electron chi connectivity index (χ0n) is 7.50. The van der Waals surface area contributed by atoms with Crippen LogP contribution in [0, 0.1) is 11.3 Å². The van der Waals surface area contributed by atoms with E-state index in [9.17, 15) is 0 Å². The second-order valence-electron chi connectivity index (χ2n) is 2.27. The topological polar surface area (TPSA) is 49.8 Å². The molecular formula is C9H14N2S. The van der Waals surface area contributed by atoms with Gasteiger partial charge < -0.3 is 0 Å². The molecular weight excluding hydrogens is 168 g/mol. The molecule has 0 aromatic carbocycles. The minimum absolute atomic E-state index is 0.762. The molecule has 0 fully saturated rings. The number of hydrogen-bond acceptors (Lipinski definition) is 3. The molecule has 2 nitrogen and oxygen atoms in total. The molecule has 0 bridgehead atoms. The average molecular weight is 182 g/mol. The van der Waals surface area contributed by atoms with Crippen LogP contribution in [0.2, 0.25) is 0 Å². The minimum Gasteiger partial charge on any atom is -0.274 e. The monoisotopic (exact) mass is 182 g/mol. The highest BCUT2D eigenvalue weighted by atomic mass is 32.2. The van der Waals surface area contributed by atoms with E-state index in [1.807, 2.05) is 26.0 Å². The SMILES string of the molecule is CC/C=C(\C=C(\C#N)CC)SN. The molecule has 0 aliphatic rings. The van der Waals surface area contributed by atoms with Gasteiger partial charge in [-0.2, -0.15) is 5.26 Å². The van der Waals surface area contributed by atoms with Crippen LogP contribution in [0.25, 0.3) is 0 Å².